The first-order valence-corrected chi connectivity index (χ1v) is 9.34. The van der Waals surface area contributed by atoms with Gasteiger partial charge in [0.2, 0.25) is 5.84 Å². The molecular weight excluding hydrogens is 407 g/mol. The summed E-state index contributed by atoms with van der Waals surface area (Å²) in [5, 5.41) is 21.6. The molecule has 0 saturated carbocycles. The van der Waals surface area contributed by atoms with Crippen molar-refractivity contribution in [3.63, 3.8) is 0 Å². The van der Waals surface area contributed by atoms with E-state index in [-0.39, 0.29) is 16.5 Å². The summed E-state index contributed by atoms with van der Waals surface area (Å²) in [5.41, 5.74) is 3.17. The zero-order valence-corrected chi connectivity index (χ0v) is 16.4. The maximum absolute atomic E-state index is 12.8. The average Bonchev–Trinajstić information content (AvgIpc) is 3.18. The zero-order chi connectivity index (χ0) is 22.2. The Bertz CT molecular complexity index is 1300. The molecule has 10 heteroatoms. The molecule has 0 aliphatic carbocycles. The quantitative estimate of drug-likeness (QED) is 0.337. The van der Waals surface area contributed by atoms with Crippen LogP contribution >= 0.6 is 0 Å². The maximum Gasteiger partial charge on any atom is 0.451 e. The monoisotopic (exact) mass is 425 g/mol. The topological polar surface area (TPSA) is 95.4 Å². The lowest BCUT2D eigenvalue weighted by atomic mass is 10.1. The average molecular weight is 425 g/mol. The van der Waals surface area contributed by atoms with E-state index in [2.05, 4.69) is 15.4 Å². The number of nitrogens with zero attached hydrogens (tertiary/aromatic N) is 4. The number of alkyl halides is 3. The third-order valence-corrected chi connectivity index (χ3v) is 4.80. The number of anilines is 1. The smallest absolute Gasteiger partial charge is 0.362 e. The standard InChI is InChI=1S/C21H18F3N7/c1-13(28-19-11-10-18(25)31(29-19)20(26)21(22,23)24)14-6-8-15(9-7-14)30-12-27-16-4-2-3-5-17(16)30/h2-13,25-26H,1H3,(H,28,29). The highest BCUT2D eigenvalue weighted by molar-refractivity contribution is 5.85. The first-order valence-electron chi connectivity index (χ1n) is 9.34. The number of halogens is 3. The summed E-state index contributed by atoms with van der Waals surface area (Å²) in [6.45, 7) is 1.84. The molecule has 2 heterocycles. The maximum atomic E-state index is 12.8. The minimum absolute atomic E-state index is 0.127. The number of para-hydroxylation sites is 2. The predicted octanol–water partition coefficient (Wildman–Crippen LogP) is 4.26. The van der Waals surface area contributed by atoms with Gasteiger partial charge in [0.25, 0.3) is 0 Å². The molecule has 31 heavy (non-hydrogen) atoms. The van der Waals surface area contributed by atoms with Gasteiger partial charge in [-0.2, -0.15) is 17.9 Å². The van der Waals surface area contributed by atoms with E-state index >= 15 is 0 Å². The Morgan fingerprint density at radius 1 is 1.03 bits per heavy atom. The van der Waals surface area contributed by atoms with Gasteiger partial charge < -0.3 is 5.32 Å². The third kappa shape index (κ3) is 4.04. The van der Waals surface area contributed by atoms with E-state index in [9.17, 15) is 13.2 Å². The summed E-state index contributed by atoms with van der Waals surface area (Å²) in [4.78, 5) is 4.38. The van der Waals surface area contributed by atoms with Crippen molar-refractivity contribution in [2.45, 2.75) is 19.1 Å². The van der Waals surface area contributed by atoms with Gasteiger partial charge in [-0.15, -0.1) is 5.10 Å². The fourth-order valence-electron chi connectivity index (χ4n) is 3.18. The second kappa shape index (κ2) is 7.71. The fraction of sp³-hybridized carbons (Fsp3) is 0.143. The SMILES string of the molecule is CC(Nc1ccc(=N)n(C(=N)C(F)(F)F)n1)c1ccc(-n2cnc3ccccc32)cc1. The first kappa shape index (κ1) is 20.3. The number of rotatable bonds is 4. The highest BCUT2D eigenvalue weighted by atomic mass is 19.4. The van der Waals surface area contributed by atoms with Crippen molar-refractivity contribution < 1.29 is 13.2 Å². The number of fused-ring (bicyclic) bond motifs is 1. The van der Waals surface area contributed by atoms with E-state index < -0.39 is 17.5 Å². The first-order chi connectivity index (χ1) is 14.7. The number of aromatic nitrogens is 4. The molecule has 1 atom stereocenters. The molecule has 158 valence electrons. The molecule has 2 aromatic carbocycles. The lowest BCUT2D eigenvalue weighted by Crippen LogP contribution is -2.38. The van der Waals surface area contributed by atoms with Gasteiger partial charge in [-0.3, -0.25) is 15.4 Å². The molecule has 0 spiro atoms. The molecule has 0 aliphatic heterocycles. The van der Waals surface area contributed by atoms with E-state index in [1.807, 2.05) is 60.0 Å². The second-order valence-corrected chi connectivity index (χ2v) is 6.92. The van der Waals surface area contributed by atoms with Gasteiger partial charge in [-0.25, -0.2) is 4.98 Å². The predicted molar refractivity (Wildman–Crippen MR) is 110 cm³/mol. The molecule has 0 fully saturated rings. The van der Waals surface area contributed by atoms with Crippen molar-refractivity contribution in [2.75, 3.05) is 5.32 Å². The number of hydrogen-bond acceptors (Lipinski definition) is 5. The number of hydrogen-bond donors (Lipinski definition) is 3. The van der Waals surface area contributed by atoms with Gasteiger partial charge in [0.05, 0.1) is 11.0 Å². The van der Waals surface area contributed by atoms with Crippen LogP contribution in [-0.4, -0.2) is 31.3 Å². The minimum Gasteiger partial charge on any atom is -0.362 e. The molecule has 0 aliphatic rings. The van der Waals surface area contributed by atoms with Crippen LogP contribution in [0, 0.1) is 10.8 Å². The molecule has 0 saturated heterocycles. The minimum atomic E-state index is -4.90. The summed E-state index contributed by atoms with van der Waals surface area (Å²) in [7, 11) is 0. The zero-order valence-electron chi connectivity index (χ0n) is 16.4. The van der Waals surface area contributed by atoms with E-state index in [1.165, 1.54) is 6.07 Å². The van der Waals surface area contributed by atoms with Crippen LogP contribution in [0.5, 0.6) is 0 Å². The molecule has 3 N–H and O–H groups in total. The number of nitrogens with one attached hydrogen (secondary N) is 3. The van der Waals surface area contributed by atoms with Crippen LogP contribution in [0.15, 0.2) is 67.0 Å². The molecule has 4 rings (SSSR count). The van der Waals surface area contributed by atoms with Gasteiger partial charge in [0.1, 0.15) is 17.6 Å². The van der Waals surface area contributed by atoms with Crippen LogP contribution in [0.4, 0.5) is 19.0 Å². The molecule has 0 bridgehead atoms. The Labute approximate surface area is 174 Å². The lowest BCUT2D eigenvalue weighted by molar-refractivity contribution is -0.0632. The Hall–Kier alpha value is -3.95. The molecular formula is C21H18F3N7. The Morgan fingerprint density at radius 2 is 1.74 bits per heavy atom. The molecule has 1 unspecified atom stereocenters. The summed E-state index contributed by atoms with van der Waals surface area (Å²) >= 11 is 0. The summed E-state index contributed by atoms with van der Waals surface area (Å²) < 4.78 is 40.7. The van der Waals surface area contributed by atoms with E-state index in [4.69, 9.17) is 10.8 Å². The van der Waals surface area contributed by atoms with Crippen molar-refractivity contribution in [1.29, 1.82) is 10.8 Å². The number of imidazole rings is 1. The largest absolute Gasteiger partial charge is 0.451 e. The van der Waals surface area contributed by atoms with Crippen LogP contribution in [0.25, 0.3) is 16.7 Å². The van der Waals surface area contributed by atoms with Gasteiger partial charge in [-0.1, -0.05) is 24.3 Å². The fourth-order valence-corrected chi connectivity index (χ4v) is 3.18. The van der Waals surface area contributed by atoms with E-state index in [1.54, 1.807) is 6.33 Å². The van der Waals surface area contributed by atoms with Crippen molar-refractivity contribution in [1.82, 2.24) is 19.3 Å². The molecule has 4 aromatic rings. The summed E-state index contributed by atoms with van der Waals surface area (Å²) in [6.07, 6.45) is -3.15. The molecule has 7 nitrogen and oxygen atoms in total. The van der Waals surface area contributed by atoms with Crippen molar-refractivity contribution in [2.24, 2.45) is 0 Å². The van der Waals surface area contributed by atoms with Crippen molar-refractivity contribution in [3.8, 4) is 5.69 Å². The summed E-state index contributed by atoms with van der Waals surface area (Å²) in [5.74, 6) is -1.59. The van der Waals surface area contributed by atoms with Crippen LogP contribution in [0.2, 0.25) is 0 Å². The van der Waals surface area contributed by atoms with Crippen LogP contribution in [-0.2, 0) is 0 Å². The highest BCUT2D eigenvalue weighted by Gasteiger charge is 2.37. The van der Waals surface area contributed by atoms with Crippen LogP contribution < -0.4 is 10.8 Å². The van der Waals surface area contributed by atoms with Crippen LogP contribution in [0.3, 0.4) is 0 Å². The summed E-state index contributed by atoms with van der Waals surface area (Å²) in [6, 6.07) is 17.8. The van der Waals surface area contributed by atoms with Gasteiger partial charge >= 0.3 is 6.18 Å². The van der Waals surface area contributed by atoms with Gasteiger partial charge in [-0.05, 0) is 48.9 Å². The molecule has 0 radical (unpaired) electrons. The van der Waals surface area contributed by atoms with E-state index in [0.29, 0.717) is 0 Å². The normalized spacial score (nSPS) is 12.6. The van der Waals surface area contributed by atoms with Crippen LogP contribution in [0.1, 0.15) is 18.5 Å². The lowest BCUT2D eigenvalue weighted by Gasteiger charge is -2.17. The van der Waals surface area contributed by atoms with Gasteiger partial charge in [0.15, 0.2) is 0 Å². The number of benzene rings is 2. The Morgan fingerprint density at radius 3 is 2.45 bits per heavy atom. The Balaban J connectivity index is 1.55. The van der Waals surface area contributed by atoms with Gasteiger partial charge in [0, 0.05) is 11.7 Å². The Kier molecular flexibility index (Phi) is 5.05. The molecule has 0 amide bonds. The van der Waals surface area contributed by atoms with E-state index in [0.717, 1.165) is 28.4 Å². The van der Waals surface area contributed by atoms with Crippen molar-refractivity contribution in [3.05, 3.63) is 78.0 Å². The van der Waals surface area contributed by atoms with Crippen molar-refractivity contribution >= 4 is 22.7 Å². The highest BCUT2D eigenvalue weighted by Crippen LogP contribution is 2.22. The molecule has 2 aromatic heterocycles. The third-order valence-electron chi connectivity index (χ3n) is 4.80. The second-order valence-electron chi connectivity index (χ2n) is 6.92.